The van der Waals surface area contributed by atoms with Gasteiger partial charge < -0.3 is 0 Å². The van der Waals surface area contributed by atoms with Gasteiger partial charge in [-0.2, -0.15) is 5.10 Å². The first-order valence-electron chi connectivity index (χ1n) is 7.82. The number of aromatic nitrogens is 2. The minimum atomic E-state index is 0.158. The molecule has 5 atom stereocenters. The Morgan fingerprint density at radius 2 is 2.00 bits per heavy atom. The number of nitrogens with one attached hydrogen (secondary N) is 1. The van der Waals surface area contributed by atoms with E-state index in [1.807, 2.05) is 4.68 Å². The fraction of sp³-hybridized carbons (Fsp3) is 0.800. The Balaban J connectivity index is 1.66. The third-order valence-electron chi connectivity index (χ3n) is 5.93. The zero-order valence-electron chi connectivity index (χ0n) is 12.1. The van der Waals surface area contributed by atoms with Crippen molar-refractivity contribution in [3.05, 3.63) is 16.9 Å². The number of hydrogen-bond acceptors (Lipinski definition) is 3. The first-order chi connectivity index (χ1) is 9.63. The molecule has 0 saturated heterocycles. The van der Waals surface area contributed by atoms with Gasteiger partial charge in [-0.05, 0) is 62.7 Å². The van der Waals surface area contributed by atoms with Crippen LogP contribution in [0, 0.1) is 29.6 Å². The monoisotopic (exact) mass is 294 g/mol. The van der Waals surface area contributed by atoms with Crippen LogP contribution in [0.15, 0.2) is 6.20 Å². The highest BCUT2D eigenvalue weighted by molar-refractivity contribution is 6.31. The van der Waals surface area contributed by atoms with Gasteiger partial charge in [0.1, 0.15) is 0 Å². The number of fused-ring (bicyclic) bond motifs is 5. The number of rotatable bonds is 4. The van der Waals surface area contributed by atoms with Crippen molar-refractivity contribution in [2.45, 2.75) is 45.2 Å². The second-order valence-electron chi connectivity index (χ2n) is 7.13. The van der Waals surface area contributed by atoms with Crippen molar-refractivity contribution in [2.75, 3.05) is 0 Å². The van der Waals surface area contributed by atoms with Crippen molar-refractivity contribution < 1.29 is 0 Å². The summed E-state index contributed by atoms with van der Waals surface area (Å²) >= 11 is 6.40. The number of hydrogen-bond donors (Lipinski definition) is 2. The molecule has 2 bridgehead atoms. The molecule has 3 N–H and O–H groups in total. The minimum Gasteiger partial charge on any atom is -0.271 e. The maximum Gasteiger partial charge on any atom is 0.0834 e. The Bertz CT molecular complexity index is 510. The predicted molar refractivity (Wildman–Crippen MR) is 79.0 cm³/mol. The molecule has 0 aromatic carbocycles. The molecule has 5 unspecified atom stereocenters. The molecular weight excluding hydrogens is 272 g/mol. The van der Waals surface area contributed by atoms with E-state index in [0.29, 0.717) is 12.0 Å². The summed E-state index contributed by atoms with van der Waals surface area (Å²) in [5.41, 5.74) is 4.14. The molecule has 3 aliphatic rings. The van der Waals surface area contributed by atoms with Crippen LogP contribution in [-0.2, 0) is 0 Å². The quantitative estimate of drug-likeness (QED) is 0.663. The van der Waals surface area contributed by atoms with Crippen molar-refractivity contribution in [1.29, 1.82) is 0 Å². The lowest BCUT2D eigenvalue weighted by Gasteiger charge is -2.23. The standard InChI is InChI=1S/C15H23ClN4/c1-7(2)20-15(10(16)6-18-20)14(19-17)13-11-8-3-4-9(5-8)12(11)13/h6-9,11-14,19H,3-5,17H2,1-2H3. The van der Waals surface area contributed by atoms with E-state index < -0.39 is 0 Å². The van der Waals surface area contributed by atoms with E-state index in [1.54, 1.807) is 6.20 Å². The molecule has 3 aliphatic carbocycles. The average molecular weight is 295 g/mol. The molecule has 110 valence electrons. The molecular formula is C15H23ClN4. The lowest BCUT2D eigenvalue weighted by molar-refractivity contribution is 0.349. The number of nitrogens with two attached hydrogens (primary N) is 1. The van der Waals surface area contributed by atoms with Crippen molar-refractivity contribution in [3.8, 4) is 0 Å². The van der Waals surface area contributed by atoms with Gasteiger partial charge in [0.15, 0.2) is 0 Å². The van der Waals surface area contributed by atoms with E-state index in [-0.39, 0.29) is 6.04 Å². The maximum absolute atomic E-state index is 6.40. The Morgan fingerprint density at radius 3 is 2.55 bits per heavy atom. The Kier molecular flexibility index (Phi) is 2.92. The maximum atomic E-state index is 6.40. The third kappa shape index (κ3) is 1.65. The summed E-state index contributed by atoms with van der Waals surface area (Å²) in [7, 11) is 0. The summed E-state index contributed by atoms with van der Waals surface area (Å²) in [5, 5.41) is 5.18. The van der Waals surface area contributed by atoms with Gasteiger partial charge in [0, 0.05) is 6.04 Å². The summed E-state index contributed by atoms with van der Waals surface area (Å²) in [4.78, 5) is 0. The first-order valence-corrected chi connectivity index (χ1v) is 8.20. The highest BCUT2D eigenvalue weighted by Crippen LogP contribution is 2.72. The second kappa shape index (κ2) is 4.46. The Labute approximate surface area is 125 Å². The van der Waals surface area contributed by atoms with Gasteiger partial charge in [0.2, 0.25) is 0 Å². The van der Waals surface area contributed by atoms with Crippen LogP contribution in [0.5, 0.6) is 0 Å². The fourth-order valence-corrected chi connectivity index (χ4v) is 5.51. The average Bonchev–Trinajstić information content (AvgIpc) is 2.78. The molecule has 0 spiro atoms. The van der Waals surface area contributed by atoms with Gasteiger partial charge in [0.05, 0.1) is 23.0 Å². The smallest absolute Gasteiger partial charge is 0.0834 e. The summed E-state index contributed by atoms with van der Waals surface area (Å²) in [6, 6.07) is 0.467. The molecule has 1 heterocycles. The van der Waals surface area contributed by atoms with Crippen LogP contribution < -0.4 is 11.3 Å². The topological polar surface area (TPSA) is 55.9 Å². The van der Waals surface area contributed by atoms with Crippen LogP contribution in [0.3, 0.4) is 0 Å². The molecule has 4 nitrogen and oxygen atoms in total. The second-order valence-corrected chi connectivity index (χ2v) is 7.53. The van der Waals surface area contributed by atoms with E-state index in [0.717, 1.165) is 34.4 Å². The van der Waals surface area contributed by atoms with E-state index in [9.17, 15) is 0 Å². The lowest BCUT2D eigenvalue weighted by Crippen LogP contribution is -2.33. The highest BCUT2D eigenvalue weighted by atomic mass is 35.5. The largest absolute Gasteiger partial charge is 0.271 e. The molecule has 0 amide bonds. The summed E-state index contributed by atoms with van der Waals surface area (Å²) in [5.74, 6) is 10.2. The zero-order chi connectivity index (χ0) is 14.0. The highest BCUT2D eigenvalue weighted by Gasteiger charge is 2.67. The van der Waals surface area contributed by atoms with E-state index in [1.165, 1.54) is 19.3 Å². The normalized spacial score (nSPS) is 39.4. The molecule has 1 aromatic heterocycles. The van der Waals surface area contributed by atoms with Gasteiger partial charge in [-0.15, -0.1) is 0 Å². The Hall–Kier alpha value is -0.580. The fourth-order valence-electron chi connectivity index (χ4n) is 5.26. The molecule has 0 aliphatic heterocycles. The van der Waals surface area contributed by atoms with Crippen LogP contribution >= 0.6 is 11.6 Å². The summed E-state index contributed by atoms with van der Waals surface area (Å²) in [6.07, 6.45) is 6.07. The van der Waals surface area contributed by atoms with Crippen LogP contribution in [0.4, 0.5) is 0 Å². The Morgan fingerprint density at radius 1 is 1.35 bits per heavy atom. The van der Waals surface area contributed by atoms with Crippen LogP contribution in [0.1, 0.15) is 50.9 Å². The molecule has 1 aromatic rings. The van der Waals surface area contributed by atoms with Gasteiger partial charge in [-0.1, -0.05) is 11.6 Å². The van der Waals surface area contributed by atoms with E-state index >= 15 is 0 Å². The SMILES string of the molecule is CC(C)n1ncc(Cl)c1C(NN)C1C2C3CCC(C3)C21. The van der Waals surface area contributed by atoms with E-state index in [4.69, 9.17) is 17.4 Å². The zero-order valence-corrected chi connectivity index (χ0v) is 12.8. The van der Waals surface area contributed by atoms with Crippen LogP contribution in [0.25, 0.3) is 0 Å². The minimum absolute atomic E-state index is 0.158. The van der Waals surface area contributed by atoms with Gasteiger partial charge in [-0.3, -0.25) is 16.0 Å². The summed E-state index contributed by atoms with van der Waals surface area (Å²) in [6.45, 7) is 4.27. The van der Waals surface area contributed by atoms with Crippen LogP contribution in [-0.4, -0.2) is 9.78 Å². The molecule has 3 fully saturated rings. The van der Waals surface area contributed by atoms with Crippen molar-refractivity contribution >= 4 is 11.6 Å². The summed E-state index contributed by atoms with van der Waals surface area (Å²) < 4.78 is 2.03. The molecule has 3 saturated carbocycles. The molecule has 5 heteroatoms. The number of halogens is 1. The predicted octanol–water partition coefficient (Wildman–Crippen LogP) is 2.91. The first kappa shape index (κ1) is 13.1. The molecule has 4 rings (SSSR count). The van der Waals surface area contributed by atoms with Gasteiger partial charge >= 0.3 is 0 Å². The third-order valence-corrected chi connectivity index (χ3v) is 6.22. The van der Waals surface area contributed by atoms with Crippen molar-refractivity contribution in [1.82, 2.24) is 15.2 Å². The van der Waals surface area contributed by atoms with Gasteiger partial charge in [-0.25, -0.2) is 0 Å². The number of hydrazine groups is 1. The molecule has 0 radical (unpaired) electrons. The molecule has 20 heavy (non-hydrogen) atoms. The lowest BCUT2D eigenvalue weighted by atomic mass is 9.96. The van der Waals surface area contributed by atoms with Crippen molar-refractivity contribution in [3.63, 3.8) is 0 Å². The van der Waals surface area contributed by atoms with Gasteiger partial charge in [0.25, 0.3) is 0 Å². The number of nitrogens with zero attached hydrogens (tertiary/aromatic N) is 2. The van der Waals surface area contributed by atoms with E-state index in [2.05, 4.69) is 24.4 Å². The van der Waals surface area contributed by atoms with Crippen LogP contribution in [0.2, 0.25) is 5.02 Å². The van der Waals surface area contributed by atoms with Crippen molar-refractivity contribution in [2.24, 2.45) is 35.4 Å².